The lowest BCUT2D eigenvalue weighted by Gasteiger charge is -2.33. The monoisotopic (exact) mass is 354 g/mol. The molecule has 0 bridgehead atoms. The molecule has 132 valence electrons. The molecule has 1 saturated carbocycles. The normalized spacial score (nSPS) is 19.5. The van der Waals surface area contributed by atoms with Crippen LogP contribution in [0.3, 0.4) is 0 Å². The van der Waals surface area contributed by atoms with Gasteiger partial charge in [-0.2, -0.15) is 0 Å². The fraction of sp³-hybridized carbons (Fsp3) is 0.600. The number of nitrogens with one attached hydrogen (secondary N) is 2. The molecule has 1 aliphatic heterocycles. The van der Waals surface area contributed by atoms with Crippen molar-refractivity contribution in [3.8, 4) is 0 Å². The van der Waals surface area contributed by atoms with Crippen molar-refractivity contribution in [2.45, 2.75) is 42.7 Å². The SMILES string of the molecule is CNS(=O)(=O)c1ccc(N2CCC(NC3CC3)CC2)c([N+](=O)[O-])c1. The van der Waals surface area contributed by atoms with Crippen LogP contribution in [0.25, 0.3) is 0 Å². The number of nitro groups is 1. The van der Waals surface area contributed by atoms with Crippen LogP contribution >= 0.6 is 0 Å². The average Bonchev–Trinajstić information content (AvgIpc) is 3.39. The van der Waals surface area contributed by atoms with E-state index in [1.54, 1.807) is 0 Å². The van der Waals surface area contributed by atoms with Gasteiger partial charge in [0.15, 0.2) is 0 Å². The lowest BCUT2D eigenvalue weighted by Crippen LogP contribution is -2.43. The van der Waals surface area contributed by atoms with Crippen molar-refractivity contribution in [1.29, 1.82) is 0 Å². The second-order valence-electron chi connectivity index (χ2n) is 6.32. The molecule has 1 aliphatic carbocycles. The molecule has 1 heterocycles. The van der Waals surface area contributed by atoms with E-state index in [1.165, 1.54) is 32.0 Å². The lowest BCUT2D eigenvalue weighted by molar-refractivity contribution is -0.384. The first-order valence-electron chi connectivity index (χ1n) is 8.13. The number of benzene rings is 1. The average molecular weight is 354 g/mol. The predicted octanol–water partition coefficient (Wildman–Crippen LogP) is 1.22. The van der Waals surface area contributed by atoms with Crippen LogP contribution in [0.15, 0.2) is 23.1 Å². The molecule has 2 fully saturated rings. The van der Waals surface area contributed by atoms with Crippen molar-refractivity contribution in [2.24, 2.45) is 0 Å². The largest absolute Gasteiger partial charge is 0.366 e. The van der Waals surface area contributed by atoms with Crippen LogP contribution in [-0.2, 0) is 10.0 Å². The highest BCUT2D eigenvalue weighted by atomic mass is 32.2. The molecule has 1 aromatic rings. The molecule has 0 atom stereocenters. The minimum Gasteiger partial charge on any atom is -0.366 e. The first-order valence-corrected chi connectivity index (χ1v) is 9.62. The zero-order valence-electron chi connectivity index (χ0n) is 13.6. The molecule has 2 aliphatic rings. The number of sulfonamides is 1. The van der Waals surface area contributed by atoms with Crippen LogP contribution in [0.1, 0.15) is 25.7 Å². The fourth-order valence-corrected chi connectivity index (χ4v) is 3.82. The Kier molecular flexibility index (Phi) is 4.75. The molecule has 0 unspecified atom stereocenters. The first kappa shape index (κ1) is 17.1. The maximum atomic E-state index is 11.9. The standard InChI is InChI=1S/C15H22N4O4S/c1-16-24(22,23)13-4-5-14(15(10-13)19(20)21)18-8-6-12(7-9-18)17-11-2-3-11/h4-5,10-12,16-17H,2-3,6-9H2,1H3. The summed E-state index contributed by atoms with van der Waals surface area (Å²) in [6.45, 7) is 1.45. The van der Waals surface area contributed by atoms with Crippen LogP contribution in [0, 0.1) is 10.1 Å². The van der Waals surface area contributed by atoms with E-state index in [9.17, 15) is 18.5 Å². The zero-order valence-corrected chi connectivity index (χ0v) is 14.4. The Hall–Kier alpha value is -1.71. The molecule has 1 aromatic carbocycles. The van der Waals surface area contributed by atoms with Crippen molar-refractivity contribution < 1.29 is 13.3 Å². The molecule has 2 N–H and O–H groups in total. The first-order chi connectivity index (χ1) is 11.4. The third-order valence-corrected chi connectivity index (χ3v) is 6.02. The van der Waals surface area contributed by atoms with Crippen LogP contribution in [0.5, 0.6) is 0 Å². The number of piperidine rings is 1. The molecule has 1 saturated heterocycles. The number of hydrogen-bond donors (Lipinski definition) is 2. The zero-order chi connectivity index (χ0) is 17.3. The van der Waals surface area contributed by atoms with Gasteiger partial charge >= 0.3 is 0 Å². The third-order valence-electron chi connectivity index (χ3n) is 4.61. The predicted molar refractivity (Wildman–Crippen MR) is 90.7 cm³/mol. The van der Waals surface area contributed by atoms with Gasteiger partial charge in [0.05, 0.1) is 9.82 Å². The molecular weight excluding hydrogens is 332 g/mol. The molecular formula is C15H22N4O4S. The van der Waals surface area contributed by atoms with Crippen molar-refractivity contribution in [2.75, 3.05) is 25.0 Å². The van der Waals surface area contributed by atoms with Crippen LogP contribution in [0.2, 0.25) is 0 Å². The molecule has 3 rings (SSSR count). The summed E-state index contributed by atoms with van der Waals surface area (Å²) in [5, 5.41) is 15.0. The Morgan fingerprint density at radius 3 is 2.33 bits per heavy atom. The smallest absolute Gasteiger partial charge is 0.293 e. The van der Waals surface area contributed by atoms with Gasteiger partial charge in [-0.3, -0.25) is 10.1 Å². The molecule has 0 aromatic heterocycles. The van der Waals surface area contributed by atoms with Crippen LogP contribution in [-0.4, -0.2) is 45.6 Å². The fourth-order valence-electron chi connectivity index (χ4n) is 3.07. The number of anilines is 1. The maximum Gasteiger partial charge on any atom is 0.293 e. The highest BCUT2D eigenvalue weighted by Gasteiger charge is 2.29. The summed E-state index contributed by atoms with van der Waals surface area (Å²) in [6.07, 6.45) is 4.36. The minimum absolute atomic E-state index is 0.0919. The Balaban J connectivity index is 1.78. The summed E-state index contributed by atoms with van der Waals surface area (Å²) in [5.74, 6) is 0. The van der Waals surface area contributed by atoms with Gasteiger partial charge < -0.3 is 10.2 Å². The van der Waals surface area contributed by atoms with Gasteiger partial charge in [0, 0.05) is 31.2 Å². The van der Waals surface area contributed by atoms with Gasteiger partial charge in [0.2, 0.25) is 10.0 Å². The second-order valence-corrected chi connectivity index (χ2v) is 8.20. The summed E-state index contributed by atoms with van der Waals surface area (Å²) < 4.78 is 25.9. The van der Waals surface area contributed by atoms with Gasteiger partial charge in [0.1, 0.15) is 5.69 Å². The summed E-state index contributed by atoms with van der Waals surface area (Å²) >= 11 is 0. The summed E-state index contributed by atoms with van der Waals surface area (Å²) in [7, 11) is -2.42. The molecule has 0 spiro atoms. The molecule has 9 heteroatoms. The van der Waals surface area contributed by atoms with E-state index in [0.29, 0.717) is 17.8 Å². The van der Waals surface area contributed by atoms with Gasteiger partial charge in [-0.05, 0) is 44.9 Å². The van der Waals surface area contributed by atoms with Gasteiger partial charge in [-0.25, -0.2) is 13.1 Å². The lowest BCUT2D eigenvalue weighted by atomic mass is 10.0. The molecule has 0 radical (unpaired) electrons. The van der Waals surface area contributed by atoms with Crippen LogP contribution in [0.4, 0.5) is 11.4 Å². The maximum absolute atomic E-state index is 11.9. The Morgan fingerprint density at radius 1 is 1.17 bits per heavy atom. The Labute approximate surface area is 141 Å². The van der Waals surface area contributed by atoms with E-state index in [2.05, 4.69) is 10.0 Å². The quantitative estimate of drug-likeness (QED) is 0.588. The van der Waals surface area contributed by atoms with Crippen molar-refractivity contribution in [3.05, 3.63) is 28.3 Å². The van der Waals surface area contributed by atoms with E-state index in [1.807, 2.05) is 4.90 Å². The number of nitro benzene ring substituents is 1. The van der Waals surface area contributed by atoms with Crippen molar-refractivity contribution in [3.63, 3.8) is 0 Å². The van der Waals surface area contributed by atoms with E-state index < -0.39 is 14.9 Å². The minimum atomic E-state index is -3.70. The third kappa shape index (κ3) is 3.68. The summed E-state index contributed by atoms with van der Waals surface area (Å²) in [5.41, 5.74) is 0.319. The van der Waals surface area contributed by atoms with E-state index in [-0.39, 0.29) is 10.6 Å². The van der Waals surface area contributed by atoms with E-state index in [0.717, 1.165) is 32.0 Å². The second kappa shape index (κ2) is 6.66. The van der Waals surface area contributed by atoms with Gasteiger partial charge in [0.25, 0.3) is 5.69 Å². The van der Waals surface area contributed by atoms with Crippen molar-refractivity contribution >= 4 is 21.4 Å². The summed E-state index contributed by atoms with van der Waals surface area (Å²) in [4.78, 5) is 12.8. The number of hydrogen-bond acceptors (Lipinski definition) is 6. The molecule has 0 amide bonds. The number of nitrogens with zero attached hydrogens (tertiary/aromatic N) is 2. The molecule has 24 heavy (non-hydrogen) atoms. The number of rotatable bonds is 6. The highest BCUT2D eigenvalue weighted by molar-refractivity contribution is 7.89. The topological polar surface area (TPSA) is 105 Å². The van der Waals surface area contributed by atoms with Crippen LogP contribution < -0.4 is 14.9 Å². The van der Waals surface area contributed by atoms with Gasteiger partial charge in [-0.1, -0.05) is 0 Å². The Bertz CT molecular complexity index is 725. The van der Waals surface area contributed by atoms with E-state index >= 15 is 0 Å². The van der Waals surface area contributed by atoms with Gasteiger partial charge in [-0.15, -0.1) is 0 Å². The van der Waals surface area contributed by atoms with E-state index in [4.69, 9.17) is 0 Å². The Morgan fingerprint density at radius 2 is 1.79 bits per heavy atom. The highest BCUT2D eigenvalue weighted by Crippen LogP contribution is 2.33. The summed E-state index contributed by atoms with van der Waals surface area (Å²) in [6, 6.07) is 5.22. The van der Waals surface area contributed by atoms with Crippen molar-refractivity contribution in [1.82, 2.24) is 10.0 Å². The molecule has 8 nitrogen and oxygen atoms in total.